The topological polar surface area (TPSA) is 38.7 Å². The Morgan fingerprint density at radius 3 is 2.61 bits per heavy atom. The maximum Gasteiger partial charge on any atom is 0.159 e. The minimum atomic E-state index is -0.176. The largest absolute Gasteiger partial charge is 0.394 e. The summed E-state index contributed by atoms with van der Waals surface area (Å²) >= 11 is 3.48. The summed E-state index contributed by atoms with van der Waals surface area (Å²) in [7, 11) is 0. The highest BCUT2D eigenvalue weighted by Crippen LogP contribution is 2.49. The van der Waals surface area contributed by atoms with E-state index < -0.39 is 0 Å². The van der Waals surface area contributed by atoms with Crippen molar-refractivity contribution in [3.63, 3.8) is 0 Å². The molecule has 0 aromatic heterocycles. The molecule has 3 rings (SSSR count). The monoisotopic (exact) mass is 284 g/mol. The second-order valence-corrected chi connectivity index (χ2v) is 7.05. The minimum absolute atomic E-state index is 0.00399. The van der Waals surface area contributed by atoms with Gasteiger partial charge in [-0.25, -0.2) is 0 Å². The lowest BCUT2D eigenvalue weighted by Crippen LogP contribution is -2.29. The van der Waals surface area contributed by atoms with Crippen LogP contribution in [0.3, 0.4) is 0 Å². The Balaban J connectivity index is 1.62. The average Bonchev–Trinajstić information content (AvgIpc) is 2.92. The van der Waals surface area contributed by atoms with Gasteiger partial charge in [0.2, 0.25) is 0 Å². The van der Waals surface area contributed by atoms with E-state index in [-0.39, 0.29) is 29.7 Å². The highest BCUT2D eigenvalue weighted by molar-refractivity contribution is 8.19. The van der Waals surface area contributed by atoms with E-state index in [4.69, 9.17) is 9.47 Å². The Morgan fingerprint density at radius 1 is 1.33 bits per heavy atom. The fraction of sp³-hybridized carbons (Fsp3) is 0.538. The zero-order valence-electron chi connectivity index (χ0n) is 10.1. The zero-order chi connectivity index (χ0) is 12.5. The van der Waals surface area contributed by atoms with Gasteiger partial charge in [0.15, 0.2) is 4.77 Å². The Bertz CT molecular complexity index is 401. The highest BCUT2D eigenvalue weighted by Gasteiger charge is 2.36. The summed E-state index contributed by atoms with van der Waals surface area (Å²) in [6, 6.07) is 8.33. The molecule has 0 aliphatic carbocycles. The van der Waals surface area contributed by atoms with E-state index >= 15 is 0 Å². The third-order valence-electron chi connectivity index (χ3n) is 3.15. The number of benzene rings is 1. The third kappa shape index (κ3) is 2.56. The van der Waals surface area contributed by atoms with Crippen LogP contribution >= 0.6 is 23.5 Å². The number of aliphatic hydroxyl groups excluding tert-OH is 1. The zero-order valence-corrected chi connectivity index (χ0v) is 11.7. The predicted octanol–water partition coefficient (Wildman–Crippen LogP) is 2.72. The maximum absolute atomic E-state index is 9.28. The molecule has 18 heavy (non-hydrogen) atoms. The van der Waals surface area contributed by atoms with Crippen LogP contribution in [0.4, 0.5) is 0 Å². The highest BCUT2D eigenvalue weighted by atomic mass is 32.2. The van der Waals surface area contributed by atoms with Gasteiger partial charge in [0.25, 0.3) is 0 Å². The van der Waals surface area contributed by atoms with Crippen molar-refractivity contribution < 1.29 is 14.6 Å². The summed E-state index contributed by atoms with van der Waals surface area (Å²) in [5.74, 6) is 0. The molecule has 3 nitrogen and oxygen atoms in total. The summed E-state index contributed by atoms with van der Waals surface area (Å²) < 4.78 is 11.8. The van der Waals surface area contributed by atoms with Crippen LogP contribution in [0.1, 0.15) is 13.3 Å². The van der Waals surface area contributed by atoms with Gasteiger partial charge in [0, 0.05) is 16.2 Å². The van der Waals surface area contributed by atoms with Gasteiger partial charge in [-0.15, -0.1) is 0 Å². The molecule has 1 aromatic carbocycles. The number of rotatable bonds is 3. The van der Waals surface area contributed by atoms with E-state index in [0.29, 0.717) is 0 Å². The lowest BCUT2D eigenvalue weighted by molar-refractivity contribution is -0.0379. The number of ether oxygens (including phenoxy) is 2. The van der Waals surface area contributed by atoms with E-state index in [1.165, 1.54) is 9.79 Å². The Labute approximate surface area is 115 Å². The van der Waals surface area contributed by atoms with Crippen LogP contribution in [-0.2, 0) is 9.47 Å². The number of aliphatic hydroxyl groups is 1. The first kappa shape index (κ1) is 12.8. The van der Waals surface area contributed by atoms with E-state index in [9.17, 15) is 5.11 Å². The minimum Gasteiger partial charge on any atom is -0.394 e. The van der Waals surface area contributed by atoms with Gasteiger partial charge in [0.1, 0.15) is 6.10 Å². The second-order valence-electron chi connectivity index (χ2n) is 4.55. The first-order chi connectivity index (χ1) is 8.76. The Morgan fingerprint density at radius 2 is 2.00 bits per heavy atom. The van der Waals surface area contributed by atoms with E-state index in [0.717, 1.165) is 6.42 Å². The number of fused-ring (bicyclic) bond motifs is 1. The molecule has 2 aliphatic rings. The molecule has 1 saturated heterocycles. The molecule has 0 radical (unpaired) electrons. The number of hydrogen-bond acceptors (Lipinski definition) is 5. The van der Waals surface area contributed by atoms with Crippen LogP contribution in [0.5, 0.6) is 0 Å². The average molecular weight is 284 g/mol. The summed E-state index contributed by atoms with van der Waals surface area (Å²) in [5, 5.41) is 9.28. The molecule has 98 valence electrons. The van der Waals surface area contributed by atoms with Gasteiger partial charge in [-0.3, -0.25) is 0 Å². The first-order valence-corrected chi connectivity index (χ1v) is 7.86. The van der Waals surface area contributed by atoms with Crippen molar-refractivity contribution in [3.8, 4) is 0 Å². The van der Waals surface area contributed by atoms with Gasteiger partial charge in [0.05, 0.1) is 18.8 Å². The van der Waals surface area contributed by atoms with Gasteiger partial charge < -0.3 is 14.6 Å². The summed E-state index contributed by atoms with van der Waals surface area (Å²) in [5.41, 5.74) is 0. The molecular weight excluding hydrogens is 268 g/mol. The molecule has 1 fully saturated rings. The molecule has 2 aliphatic heterocycles. The molecule has 2 heterocycles. The molecule has 0 amide bonds. The predicted molar refractivity (Wildman–Crippen MR) is 72.9 cm³/mol. The molecule has 3 atom stereocenters. The number of thioether (sulfide) groups is 2. The molecule has 5 heteroatoms. The van der Waals surface area contributed by atoms with Crippen LogP contribution < -0.4 is 0 Å². The second kappa shape index (κ2) is 5.43. The van der Waals surface area contributed by atoms with E-state index in [2.05, 4.69) is 12.1 Å². The quantitative estimate of drug-likeness (QED) is 0.924. The summed E-state index contributed by atoms with van der Waals surface area (Å²) in [6.07, 6.45) is 0.860. The van der Waals surface area contributed by atoms with Crippen LogP contribution in [0.25, 0.3) is 0 Å². The van der Waals surface area contributed by atoms with Crippen molar-refractivity contribution in [2.45, 2.75) is 46.2 Å². The Kier molecular flexibility index (Phi) is 3.86. The van der Waals surface area contributed by atoms with Gasteiger partial charge in [-0.05, 0) is 19.1 Å². The standard InChI is InChI=1S/C13H16O3S2/c1-8-6-9(10(7-14)15-8)16-13-17-11-4-2-3-5-12(11)18-13/h2-5,8-10,13-14H,6-7H2,1H3/t8-,9?,10+/m0/s1. The van der Waals surface area contributed by atoms with Crippen molar-refractivity contribution in [2.75, 3.05) is 6.61 Å². The van der Waals surface area contributed by atoms with Crippen LogP contribution in [0.15, 0.2) is 34.1 Å². The molecule has 1 aromatic rings. The Hall–Kier alpha value is -0.200. The van der Waals surface area contributed by atoms with Crippen molar-refractivity contribution in [1.82, 2.24) is 0 Å². The molecule has 1 unspecified atom stereocenters. The lowest BCUT2D eigenvalue weighted by atomic mass is 10.1. The van der Waals surface area contributed by atoms with E-state index in [1.54, 1.807) is 23.5 Å². The fourth-order valence-corrected chi connectivity index (χ4v) is 4.90. The fourth-order valence-electron chi connectivity index (χ4n) is 2.30. The summed E-state index contributed by atoms with van der Waals surface area (Å²) in [6.45, 7) is 2.06. The third-order valence-corrected chi connectivity index (χ3v) is 5.68. The molecule has 0 saturated carbocycles. The van der Waals surface area contributed by atoms with Crippen molar-refractivity contribution in [1.29, 1.82) is 0 Å². The molecular formula is C13H16O3S2. The summed E-state index contributed by atoms with van der Waals surface area (Å²) in [4.78, 5) is 2.56. The molecule has 0 bridgehead atoms. The normalized spacial score (nSPS) is 31.8. The SMILES string of the molecule is C[C@H]1CC(OC2Sc3ccccc3S2)[C@@H](CO)O1. The molecule has 0 spiro atoms. The van der Waals surface area contributed by atoms with Gasteiger partial charge in [-0.2, -0.15) is 0 Å². The van der Waals surface area contributed by atoms with Crippen LogP contribution in [-0.4, -0.2) is 34.8 Å². The lowest BCUT2D eigenvalue weighted by Gasteiger charge is -2.20. The van der Waals surface area contributed by atoms with E-state index in [1.807, 2.05) is 19.1 Å². The van der Waals surface area contributed by atoms with Crippen LogP contribution in [0.2, 0.25) is 0 Å². The van der Waals surface area contributed by atoms with Gasteiger partial charge in [-0.1, -0.05) is 35.7 Å². The number of hydrogen-bond donors (Lipinski definition) is 1. The van der Waals surface area contributed by atoms with Crippen LogP contribution in [0, 0.1) is 0 Å². The maximum atomic E-state index is 9.28. The van der Waals surface area contributed by atoms with Gasteiger partial charge >= 0.3 is 0 Å². The van der Waals surface area contributed by atoms with Crippen molar-refractivity contribution in [2.24, 2.45) is 0 Å². The van der Waals surface area contributed by atoms with Crippen molar-refractivity contribution >= 4 is 23.5 Å². The van der Waals surface area contributed by atoms with Crippen molar-refractivity contribution in [3.05, 3.63) is 24.3 Å². The smallest absolute Gasteiger partial charge is 0.159 e. The molecule has 1 N–H and O–H groups in total. The first-order valence-electron chi connectivity index (χ1n) is 6.10.